The Hall–Kier alpha value is -5.32. The van der Waals surface area contributed by atoms with Gasteiger partial charge in [0.15, 0.2) is 5.82 Å². The summed E-state index contributed by atoms with van der Waals surface area (Å²) in [6, 6.07) is 41.2. The normalized spacial score (nSPS) is 16.3. The van der Waals surface area contributed by atoms with Gasteiger partial charge in [0.2, 0.25) is 0 Å². The Labute approximate surface area is 272 Å². The van der Waals surface area contributed by atoms with Crippen LogP contribution in [0, 0.1) is 0 Å². The van der Waals surface area contributed by atoms with E-state index in [4.69, 9.17) is 18.2 Å². The minimum absolute atomic E-state index is 0.207. The lowest BCUT2D eigenvalue weighted by Gasteiger charge is -2.35. The molecule has 3 aromatic heterocycles. The second-order valence-corrected chi connectivity index (χ2v) is 12.8. The molecule has 6 aromatic carbocycles. The first kappa shape index (κ1) is 19.9. The van der Waals surface area contributed by atoms with Gasteiger partial charge in [-0.05, 0) is 58.3 Å². The molecule has 0 atom stereocenters. The molecule has 212 valence electrons. The summed E-state index contributed by atoms with van der Waals surface area (Å²) in [5.74, 6) is 0.383. The third-order valence-corrected chi connectivity index (χ3v) is 10.4. The molecule has 0 amide bonds. The highest BCUT2D eigenvalue weighted by molar-refractivity contribution is 7.25. The lowest BCUT2D eigenvalue weighted by atomic mass is 9.74. The first-order valence-corrected chi connectivity index (χ1v) is 15.7. The highest BCUT2D eigenvalue weighted by Crippen LogP contribution is 2.51. The first-order valence-electron chi connectivity index (χ1n) is 17.9. The average molecular weight is 600 g/mol. The standard InChI is InChI=1S/C41H27N3S/c1-41(2)31-15-9-14-30-36-29-13-6-8-17-35(29)45-40(36)44(38(30)31)34-21-20-27(23-32(34)41)39-42-33-16-7-5-12-28(33)37(43-39)26-19-18-24-10-3-4-11-25(24)22-26/h3-23H,1-2H3/i1D3,2D3. The molecule has 0 aliphatic carbocycles. The molecule has 4 heteroatoms. The summed E-state index contributed by atoms with van der Waals surface area (Å²) in [7, 11) is 0. The summed E-state index contributed by atoms with van der Waals surface area (Å²) < 4.78 is 57.3. The van der Waals surface area contributed by atoms with Crippen molar-refractivity contribution in [2.75, 3.05) is 0 Å². The molecular weight excluding hydrogens is 567 g/mol. The van der Waals surface area contributed by atoms with Gasteiger partial charge in [0, 0.05) is 51.0 Å². The lowest BCUT2D eigenvalue weighted by molar-refractivity contribution is 0.630. The number of benzene rings is 6. The maximum Gasteiger partial charge on any atom is 0.160 e. The number of rotatable bonds is 2. The molecule has 0 radical (unpaired) electrons. The molecule has 10 rings (SSSR count). The number of para-hydroxylation sites is 2. The fourth-order valence-corrected chi connectivity index (χ4v) is 8.39. The van der Waals surface area contributed by atoms with Crippen molar-refractivity contribution in [3.8, 4) is 28.3 Å². The largest absolute Gasteiger partial charge is 0.300 e. The van der Waals surface area contributed by atoms with Crippen molar-refractivity contribution in [1.82, 2.24) is 14.5 Å². The van der Waals surface area contributed by atoms with Gasteiger partial charge < -0.3 is 4.57 Å². The lowest BCUT2D eigenvalue weighted by Crippen LogP contribution is -2.26. The summed E-state index contributed by atoms with van der Waals surface area (Å²) in [4.78, 5) is 11.0. The van der Waals surface area contributed by atoms with E-state index < -0.39 is 19.1 Å². The van der Waals surface area contributed by atoms with E-state index in [1.54, 1.807) is 29.5 Å². The Morgan fingerprint density at radius 3 is 2.33 bits per heavy atom. The molecular formula is C41H27N3S. The molecule has 0 saturated heterocycles. The van der Waals surface area contributed by atoms with Crippen molar-refractivity contribution >= 4 is 64.2 Å². The number of thiophene rings is 1. The van der Waals surface area contributed by atoms with Crippen molar-refractivity contribution in [3.63, 3.8) is 0 Å². The van der Waals surface area contributed by atoms with E-state index in [1.807, 2.05) is 72.8 Å². The molecule has 3 nitrogen and oxygen atoms in total. The van der Waals surface area contributed by atoms with E-state index in [0.29, 0.717) is 22.6 Å². The molecule has 4 heterocycles. The molecule has 0 unspecified atom stereocenters. The summed E-state index contributed by atoms with van der Waals surface area (Å²) in [5.41, 5.74) is 2.23. The summed E-state index contributed by atoms with van der Waals surface area (Å²) in [6.45, 7) is -5.88. The summed E-state index contributed by atoms with van der Waals surface area (Å²) in [5, 5.41) is 5.96. The molecule has 1 aliphatic rings. The Morgan fingerprint density at radius 1 is 0.644 bits per heavy atom. The molecule has 0 N–H and O–H groups in total. The van der Waals surface area contributed by atoms with Crippen LogP contribution in [0.3, 0.4) is 0 Å². The van der Waals surface area contributed by atoms with Crippen LogP contribution in [0.2, 0.25) is 0 Å². The van der Waals surface area contributed by atoms with E-state index in [0.717, 1.165) is 58.6 Å². The fraction of sp³-hybridized carbons (Fsp3) is 0.0732. The Balaban J connectivity index is 1.30. The predicted molar refractivity (Wildman–Crippen MR) is 190 cm³/mol. The molecule has 0 spiro atoms. The zero-order valence-electron chi connectivity index (χ0n) is 29.9. The average Bonchev–Trinajstić information content (AvgIpc) is 3.66. The Kier molecular flexibility index (Phi) is 3.91. The molecule has 45 heavy (non-hydrogen) atoms. The van der Waals surface area contributed by atoms with Crippen LogP contribution in [0.25, 0.3) is 81.2 Å². The van der Waals surface area contributed by atoms with Gasteiger partial charge in [-0.25, -0.2) is 9.97 Å². The number of fused-ring (bicyclic) bond motifs is 9. The third kappa shape index (κ3) is 3.40. The van der Waals surface area contributed by atoms with E-state index in [9.17, 15) is 0 Å². The second-order valence-electron chi connectivity index (χ2n) is 11.8. The van der Waals surface area contributed by atoms with E-state index in [1.165, 1.54) is 0 Å². The van der Waals surface area contributed by atoms with Crippen LogP contribution < -0.4 is 0 Å². The van der Waals surface area contributed by atoms with Gasteiger partial charge in [0.25, 0.3) is 0 Å². The maximum atomic E-state index is 9.03. The van der Waals surface area contributed by atoms with E-state index in [2.05, 4.69) is 41.0 Å². The predicted octanol–water partition coefficient (Wildman–Crippen LogP) is 11.1. The molecule has 0 fully saturated rings. The SMILES string of the molecule is [2H]C([2H])([2H])C1(C([2H])([2H])[2H])c2cc(-c3nc(-c4ccc5ccccc5c4)c4ccccc4n3)ccc2-n2c3sc4ccccc4c3c3cccc1c32. The van der Waals surface area contributed by atoms with Crippen LogP contribution >= 0.6 is 11.3 Å². The van der Waals surface area contributed by atoms with Gasteiger partial charge in [-0.3, -0.25) is 0 Å². The molecule has 9 aromatic rings. The summed E-state index contributed by atoms with van der Waals surface area (Å²) >= 11 is 1.62. The van der Waals surface area contributed by atoms with E-state index >= 15 is 0 Å². The van der Waals surface area contributed by atoms with Gasteiger partial charge in [-0.15, -0.1) is 11.3 Å². The highest BCUT2D eigenvalue weighted by Gasteiger charge is 2.36. The van der Waals surface area contributed by atoms with Crippen molar-refractivity contribution in [2.45, 2.75) is 19.1 Å². The Bertz CT molecular complexity index is 2900. The van der Waals surface area contributed by atoms with Crippen molar-refractivity contribution in [2.24, 2.45) is 0 Å². The van der Waals surface area contributed by atoms with Crippen molar-refractivity contribution in [3.05, 3.63) is 139 Å². The number of hydrogen-bond donors (Lipinski definition) is 0. The van der Waals surface area contributed by atoms with Gasteiger partial charge >= 0.3 is 0 Å². The zero-order valence-corrected chi connectivity index (χ0v) is 24.7. The third-order valence-electron chi connectivity index (χ3n) is 9.24. The van der Waals surface area contributed by atoms with Crippen LogP contribution in [-0.4, -0.2) is 14.5 Å². The van der Waals surface area contributed by atoms with Crippen LogP contribution in [0.1, 0.15) is 33.1 Å². The monoisotopic (exact) mass is 599 g/mol. The maximum absolute atomic E-state index is 9.03. The number of nitrogens with zero attached hydrogens (tertiary/aromatic N) is 3. The van der Waals surface area contributed by atoms with Gasteiger partial charge in [0.05, 0.1) is 22.4 Å². The first-order chi connectivity index (χ1) is 24.6. The van der Waals surface area contributed by atoms with Crippen LogP contribution in [0.5, 0.6) is 0 Å². The minimum atomic E-state index is -2.94. The van der Waals surface area contributed by atoms with Gasteiger partial charge in [-0.2, -0.15) is 0 Å². The number of hydrogen-bond acceptors (Lipinski definition) is 3. The van der Waals surface area contributed by atoms with Crippen LogP contribution in [0.15, 0.2) is 127 Å². The van der Waals surface area contributed by atoms with Crippen LogP contribution in [-0.2, 0) is 5.41 Å². The van der Waals surface area contributed by atoms with Crippen molar-refractivity contribution < 1.29 is 8.22 Å². The quantitative estimate of drug-likeness (QED) is 0.198. The minimum Gasteiger partial charge on any atom is -0.300 e. The van der Waals surface area contributed by atoms with Crippen LogP contribution in [0.4, 0.5) is 0 Å². The number of aromatic nitrogens is 3. The van der Waals surface area contributed by atoms with Crippen molar-refractivity contribution in [1.29, 1.82) is 0 Å². The molecule has 0 saturated carbocycles. The fourth-order valence-electron chi connectivity index (χ4n) is 7.15. The highest BCUT2D eigenvalue weighted by atomic mass is 32.1. The molecule has 1 aliphatic heterocycles. The van der Waals surface area contributed by atoms with E-state index in [-0.39, 0.29) is 11.1 Å². The zero-order chi connectivity index (χ0) is 34.9. The Morgan fingerprint density at radius 2 is 1.42 bits per heavy atom. The topological polar surface area (TPSA) is 30.7 Å². The van der Waals surface area contributed by atoms with Gasteiger partial charge in [-0.1, -0.05) is 105 Å². The molecule has 0 bridgehead atoms. The summed E-state index contributed by atoms with van der Waals surface area (Å²) in [6.07, 6.45) is 0. The smallest absolute Gasteiger partial charge is 0.160 e. The van der Waals surface area contributed by atoms with Gasteiger partial charge in [0.1, 0.15) is 4.83 Å². The second kappa shape index (κ2) is 8.87.